The van der Waals surface area contributed by atoms with Crippen molar-refractivity contribution in [2.75, 3.05) is 6.61 Å². The summed E-state index contributed by atoms with van der Waals surface area (Å²) in [4.78, 5) is 0. The average molecular weight is 194 g/mol. The second kappa shape index (κ2) is 2.70. The Bertz CT molecular complexity index is 356. The Balaban J connectivity index is 1.71. The predicted molar refractivity (Wildman–Crippen MR) is 50.0 cm³/mol. The molecule has 1 aliphatic carbocycles. The third kappa shape index (κ3) is 1.28. The summed E-state index contributed by atoms with van der Waals surface area (Å²) >= 11 is 0. The molecule has 0 radical (unpaired) electrons. The van der Waals surface area contributed by atoms with Gasteiger partial charge < -0.3 is 10.5 Å². The molecule has 0 amide bonds. The fourth-order valence-electron chi connectivity index (χ4n) is 1.83. The van der Waals surface area contributed by atoms with Crippen LogP contribution in [0.1, 0.15) is 25.1 Å². The molecular formula is C9H14N4O. The van der Waals surface area contributed by atoms with Crippen molar-refractivity contribution in [1.29, 1.82) is 0 Å². The van der Waals surface area contributed by atoms with Gasteiger partial charge in [-0.1, -0.05) is 5.10 Å². The summed E-state index contributed by atoms with van der Waals surface area (Å²) in [6.45, 7) is 1.61. The highest BCUT2D eigenvalue weighted by Gasteiger charge is 2.38. The number of nitrogens with zero attached hydrogens (tertiary/aromatic N) is 3. The van der Waals surface area contributed by atoms with E-state index in [0.717, 1.165) is 44.7 Å². The molecule has 1 aromatic heterocycles. The molecular weight excluding hydrogens is 180 g/mol. The Morgan fingerprint density at radius 1 is 1.43 bits per heavy atom. The van der Waals surface area contributed by atoms with Crippen LogP contribution in [-0.2, 0) is 13.0 Å². The first kappa shape index (κ1) is 8.23. The molecule has 2 heterocycles. The van der Waals surface area contributed by atoms with Gasteiger partial charge in [0.2, 0.25) is 0 Å². The number of rotatable bonds is 3. The van der Waals surface area contributed by atoms with Crippen LogP contribution in [0.15, 0.2) is 0 Å². The van der Waals surface area contributed by atoms with Crippen molar-refractivity contribution >= 4 is 0 Å². The number of ether oxygens (including phenoxy) is 1. The van der Waals surface area contributed by atoms with Gasteiger partial charge in [-0.2, -0.15) is 0 Å². The van der Waals surface area contributed by atoms with Gasteiger partial charge in [0, 0.05) is 12.0 Å². The highest BCUT2D eigenvalue weighted by Crippen LogP contribution is 2.36. The van der Waals surface area contributed by atoms with Gasteiger partial charge in [-0.15, -0.1) is 5.10 Å². The van der Waals surface area contributed by atoms with Crippen molar-refractivity contribution in [1.82, 2.24) is 14.8 Å². The lowest BCUT2D eigenvalue weighted by atomic mass is 10.1. The Morgan fingerprint density at radius 3 is 3.07 bits per heavy atom. The third-order valence-electron chi connectivity index (χ3n) is 3.08. The van der Waals surface area contributed by atoms with E-state index in [4.69, 9.17) is 10.5 Å². The van der Waals surface area contributed by atoms with E-state index in [2.05, 4.69) is 10.2 Å². The Labute approximate surface area is 82.3 Å². The van der Waals surface area contributed by atoms with E-state index >= 15 is 0 Å². The van der Waals surface area contributed by atoms with Crippen molar-refractivity contribution < 1.29 is 4.74 Å². The fraction of sp³-hybridized carbons (Fsp3) is 0.778. The van der Waals surface area contributed by atoms with Crippen LogP contribution in [0, 0.1) is 0 Å². The maximum absolute atomic E-state index is 6.02. The van der Waals surface area contributed by atoms with E-state index in [1.54, 1.807) is 0 Å². The van der Waals surface area contributed by atoms with Gasteiger partial charge in [-0.25, -0.2) is 0 Å². The molecule has 0 bridgehead atoms. The Kier molecular flexibility index (Phi) is 1.58. The van der Waals surface area contributed by atoms with E-state index in [9.17, 15) is 0 Å². The van der Waals surface area contributed by atoms with E-state index in [0.29, 0.717) is 6.01 Å². The standard InChI is InChI=1S/C9H14N4O/c10-9(3-4-9)2-1-7-11-12-8-13(7)5-6-14-8/h1-6,10H2. The van der Waals surface area contributed by atoms with Gasteiger partial charge in [0.15, 0.2) is 0 Å². The van der Waals surface area contributed by atoms with Gasteiger partial charge in [0.1, 0.15) is 12.4 Å². The maximum Gasteiger partial charge on any atom is 0.317 e. The summed E-state index contributed by atoms with van der Waals surface area (Å²) in [5, 5.41) is 8.07. The van der Waals surface area contributed by atoms with Crippen LogP contribution >= 0.6 is 0 Å². The number of fused-ring (bicyclic) bond motifs is 1. The number of hydrogen-bond acceptors (Lipinski definition) is 4. The average Bonchev–Trinajstić information content (AvgIpc) is 2.65. The normalized spacial score (nSPS) is 21.8. The molecule has 3 rings (SSSR count). The minimum absolute atomic E-state index is 0.103. The minimum Gasteiger partial charge on any atom is -0.462 e. The zero-order valence-corrected chi connectivity index (χ0v) is 8.07. The first-order valence-electron chi connectivity index (χ1n) is 5.11. The molecule has 0 saturated heterocycles. The quantitative estimate of drug-likeness (QED) is 0.740. The second-order valence-corrected chi connectivity index (χ2v) is 4.26. The lowest BCUT2D eigenvalue weighted by Crippen LogP contribution is -2.22. The van der Waals surface area contributed by atoms with Crippen LogP contribution in [0.5, 0.6) is 6.01 Å². The monoisotopic (exact) mass is 194 g/mol. The van der Waals surface area contributed by atoms with E-state index in [-0.39, 0.29) is 5.54 Å². The molecule has 0 unspecified atom stereocenters. The lowest BCUT2D eigenvalue weighted by Gasteiger charge is -2.06. The van der Waals surface area contributed by atoms with Gasteiger partial charge >= 0.3 is 6.01 Å². The molecule has 2 N–H and O–H groups in total. The van der Waals surface area contributed by atoms with Crippen molar-refractivity contribution in [3.05, 3.63) is 5.82 Å². The summed E-state index contributed by atoms with van der Waals surface area (Å²) in [5.41, 5.74) is 6.12. The van der Waals surface area contributed by atoms with Crippen LogP contribution in [-0.4, -0.2) is 26.9 Å². The van der Waals surface area contributed by atoms with Gasteiger partial charge in [0.05, 0.1) is 6.54 Å². The number of aromatic nitrogens is 3. The molecule has 1 saturated carbocycles. The molecule has 0 aromatic carbocycles. The third-order valence-corrected chi connectivity index (χ3v) is 3.08. The predicted octanol–water partition coefficient (Wildman–Crippen LogP) is 0.0944. The van der Waals surface area contributed by atoms with Crippen LogP contribution in [0.2, 0.25) is 0 Å². The van der Waals surface area contributed by atoms with Crippen molar-refractivity contribution in [3.8, 4) is 6.01 Å². The van der Waals surface area contributed by atoms with Crippen molar-refractivity contribution in [2.45, 2.75) is 37.8 Å². The summed E-state index contributed by atoms with van der Waals surface area (Å²) in [6.07, 6.45) is 4.26. The first-order chi connectivity index (χ1) is 6.77. The molecule has 14 heavy (non-hydrogen) atoms. The Hall–Kier alpha value is -1.10. The number of nitrogens with two attached hydrogens (primary N) is 1. The number of hydrogen-bond donors (Lipinski definition) is 1. The van der Waals surface area contributed by atoms with E-state index in [1.807, 2.05) is 4.57 Å². The first-order valence-corrected chi connectivity index (χ1v) is 5.11. The van der Waals surface area contributed by atoms with E-state index < -0.39 is 0 Å². The molecule has 0 atom stereocenters. The van der Waals surface area contributed by atoms with E-state index in [1.165, 1.54) is 0 Å². The largest absolute Gasteiger partial charge is 0.462 e. The maximum atomic E-state index is 6.02. The summed E-state index contributed by atoms with van der Waals surface area (Å²) in [6, 6.07) is 0.668. The molecule has 76 valence electrons. The molecule has 1 aromatic rings. The SMILES string of the molecule is NC1(CCc2nnc3n2CCO3)CC1. The summed E-state index contributed by atoms with van der Waals surface area (Å²) in [7, 11) is 0. The summed E-state index contributed by atoms with van der Waals surface area (Å²) in [5.74, 6) is 1.02. The van der Waals surface area contributed by atoms with Crippen molar-refractivity contribution in [2.24, 2.45) is 5.73 Å². The lowest BCUT2D eigenvalue weighted by molar-refractivity contribution is 0.341. The fourth-order valence-corrected chi connectivity index (χ4v) is 1.83. The van der Waals surface area contributed by atoms with Gasteiger partial charge in [0.25, 0.3) is 0 Å². The topological polar surface area (TPSA) is 66.0 Å². The second-order valence-electron chi connectivity index (χ2n) is 4.26. The molecule has 1 aliphatic heterocycles. The molecule has 5 heteroatoms. The molecule has 0 spiro atoms. The number of aryl methyl sites for hydroxylation is 1. The van der Waals surface area contributed by atoms with Crippen LogP contribution in [0.3, 0.4) is 0 Å². The molecule has 2 aliphatic rings. The van der Waals surface area contributed by atoms with Gasteiger partial charge in [-0.05, 0) is 19.3 Å². The Morgan fingerprint density at radius 2 is 2.29 bits per heavy atom. The van der Waals surface area contributed by atoms with Gasteiger partial charge in [-0.3, -0.25) is 4.57 Å². The van der Waals surface area contributed by atoms with Crippen molar-refractivity contribution in [3.63, 3.8) is 0 Å². The van der Waals surface area contributed by atoms with Crippen LogP contribution in [0.4, 0.5) is 0 Å². The zero-order chi connectivity index (χ0) is 9.60. The molecule has 5 nitrogen and oxygen atoms in total. The van der Waals surface area contributed by atoms with Crippen LogP contribution < -0.4 is 10.5 Å². The zero-order valence-electron chi connectivity index (χ0n) is 8.07. The molecule has 1 fully saturated rings. The summed E-state index contributed by atoms with van der Waals surface area (Å²) < 4.78 is 7.33. The van der Waals surface area contributed by atoms with Crippen LogP contribution in [0.25, 0.3) is 0 Å². The smallest absolute Gasteiger partial charge is 0.317 e. The highest BCUT2D eigenvalue weighted by molar-refractivity contribution is 5.07. The highest BCUT2D eigenvalue weighted by atomic mass is 16.5. The minimum atomic E-state index is 0.103.